The van der Waals surface area contributed by atoms with Crippen molar-refractivity contribution in [3.63, 3.8) is 0 Å². The highest BCUT2D eigenvalue weighted by molar-refractivity contribution is 5.94. The Kier molecular flexibility index (Phi) is 8.97. The van der Waals surface area contributed by atoms with Crippen LogP contribution in [-0.2, 0) is 0 Å². The summed E-state index contributed by atoms with van der Waals surface area (Å²) in [5.74, 6) is 0.935. The highest BCUT2D eigenvalue weighted by Gasteiger charge is 2.34. The van der Waals surface area contributed by atoms with Crippen LogP contribution < -0.4 is 16.0 Å². The van der Waals surface area contributed by atoms with Crippen molar-refractivity contribution < 1.29 is 4.79 Å². The van der Waals surface area contributed by atoms with Crippen LogP contribution >= 0.6 is 24.8 Å². The Bertz CT molecular complexity index is 524. The molecule has 0 atom stereocenters. The summed E-state index contributed by atoms with van der Waals surface area (Å²) in [7, 11) is 0. The Morgan fingerprint density at radius 3 is 2.24 bits per heavy atom. The van der Waals surface area contributed by atoms with E-state index in [0.29, 0.717) is 12.1 Å². The van der Waals surface area contributed by atoms with Gasteiger partial charge in [-0.2, -0.15) is 0 Å². The lowest BCUT2D eigenvalue weighted by Gasteiger charge is -2.28. The molecule has 142 valence electrons. The normalized spacial score (nSPS) is 19.3. The minimum absolute atomic E-state index is 0. The maximum absolute atomic E-state index is 12.5. The number of amides is 1. The zero-order valence-corrected chi connectivity index (χ0v) is 16.3. The van der Waals surface area contributed by atoms with Gasteiger partial charge in [-0.3, -0.25) is 4.79 Å². The number of aromatic nitrogens is 1. The lowest BCUT2D eigenvalue weighted by molar-refractivity contribution is 0.0903. The number of pyridine rings is 1. The Morgan fingerprint density at radius 2 is 1.72 bits per heavy atom. The van der Waals surface area contributed by atoms with Gasteiger partial charge in [-0.1, -0.05) is 25.7 Å². The molecule has 1 aliphatic heterocycles. The number of hydrogen-bond acceptors (Lipinski definition) is 4. The monoisotopic (exact) mass is 388 g/mol. The minimum Gasteiger partial charge on any atom is -0.357 e. The summed E-state index contributed by atoms with van der Waals surface area (Å²) >= 11 is 0. The van der Waals surface area contributed by atoms with Crippen molar-refractivity contribution >= 4 is 36.5 Å². The summed E-state index contributed by atoms with van der Waals surface area (Å²) in [5, 5.41) is 3.15. The molecule has 0 spiro atoms. The van der Waals surface area contributed by atoms with E-state index < -0.39 is 0 Å². The fraction of sp³-hybridized carbons (Fsp3) is 0.667. The number of carbonyl (C=O) groups excluding carboxylic acids is 1. The van der Waals surface area contributed by atoms with E-state index in [0.717, 1.165) is 44.6 Å². The van der Waals surface area contributed by atoms with Gasteiger partial charge in [0.2, 0.25) is 0 Å². The average molecular weight is 389 g/mol. The second-order valence-electron chi connectivity index (χ2n) is 6.95. The quantitative estimate of drug-likeness (QED) is 0.829. The molecule has 1 saturated heterocycles. The van der Waals surface area contributed by atoms with Crippen LogP contribution in [0.1, 0.15) is 61.7 Å². The first-order valence-electron chi connectivity index (χ1n) is 8.96. The van der Waals surface area contributed by atoms with E-state index in [-0.39, 0.29) is 36.3 Å². The fourth-order valence-electron chi connectivity index (χ4n) is 3.75. The first-order valence-corrected chi connectivity index (χ1v) is 8.96. The topological polar surface area (TPSA) is 71.2 Å². The van der Waals surface area contributed by atoms with Crippen molar-refractivity contribution in [3.05, 3.63) is 23.9 Å². The van der Waals surface area contributed by atoms with Crippen molar-refractivity contribution in [1.82, 2.24) is 10.3 Å². The molecule has 2 fully saturated rings. The van der Waals surface area contributed by atoms with E-state index >= 15 is 0 Å². The van der Waals surface area contributed by atoms with E-state index in [1.807, 2.05) is 12.1 Å². The predicted molar refractivity (Wildman–Crippen MR) is 107 cm³/mol. The zero-order chi connectivity index (χ0) is 16.1. The first-order chi connectivity index (χ1) is 11.2. The van der Waals surface area contributed by atoms with Gasteiger partial charge in [-0.05, 0) is 37.8 Å². The van der Waals surface area contributed by atoms with Crippen LogP contribution in [0.2, 0.25) is 0 Å². The van der Waals surface area contributed by atoms with Crippen molar-refractivity contribution in [2.24, 2.45) is 5.73 Å². The van der Waals surface area contributed by atoms with Crippen LogP contribution in [0, 0.1) is 0 Å². The lowest BCUT2D eigenvalue weighted by atomic mass is 9.97. The Hall–Kier alpha value is -1.04. The maximum atomic E-state index is 12.5. The summed E-state index contributed by atoms with van der Waals surface area (Å²) in [6.07, 6.45) is 11.0. The summed E-state index contributed by atoms with van der Waals surface area (Å²) in [4.78, 5) is 19.3. The van der Waals surface area contributed by atoms with Gasteiger partial charge in [-0.25, -0.2) is 4.98 Å². The van der Waals surface area contributed by atoms with Crippen molar-refractivity contribution in [3.8, 4) is 0 Å². The minimum atomic E-state index is -0.208. The van der Waals surface area contributed by atoms with Crippen LogP contribution in [0.15, 0.2) is 18.3 Å². The van der Waals surface area contributed by atoms with Crippen molar-refractivity contribution in [1.29, 1.82) is 0 Å². The van der Waals surface area contributed by atoms with E-state index in [1.165, 1.54) is 25.7 Å². The van der Waals surface area contributed by atoms with E-state index in [1.54, 1.807) is 6.20 Å². The second kappa shape index (κ2) is 10.2. The van der Waals surface area contributed by atoms with E-state index in [4.69, 9.17) is 5.73 Å². The molecule has 3 N–H and O–H groups in total. The summed E-state index contributed by atoms with van der Waals surface area (Å²) < 4.78 is 0. The number of hydrogen-bond donors (Lipinski definition) is 2. The van der Waals surface area contributed by atoms with Crippen LogP contribution in [0.4, 0.5) is 5.82 Å². The molecule has 2 heterocycles. The molecule has 25 heavy (non-hydrogen) atoms. The molecule has 1 aliphatic carbocycles. The zero-order valence-electron chi connectivity index (χ0n) is 14.7. The maximum Gasteiger partial charge on any atom is 0.253 e. The molecular formula is C18H30Cl2N4O. The van der Waals surface area contributed by atoms with Crippen LogP contribution in [0.3, 0.4) is 0 Å². The molecule has 3 rings (SSSR count). The molecule has 5 nitrogen and oxygen atoms in total. The molecule has 1 aromatic heterocycles. The lowest BCUT2D eigenvalue weighted by Crippen LogP contribution is -2.51. The van der Waals surface area contributed by atoms with Crippen LogP contribution in [0.5, 0.6) is 0 Å². The standard InChI is InChI=1S/C18H28N4O.2ClH/c19-14-18(9-3-4-10-18)21-17(23)15-7-8-16(20-13-15)22-11-5-1-2-6-12-22;;/h7-8,13H,1-6,9-12,14,19H2,(H,21,23);2*1H. The third-order valence-corrected chi connectivity index (χ3v) is 5.27. The molecule has 1 aromatic rings. The molecule has 0 unspecified atom stereocenters. The van der Waals surface area contributed by atoms with Gasteiger partial charge in [0.15, 0.2) is 0 Å². The average Bonchev–Trinajstić information content (AvgIpc) is 2.88. The fourth-order valence-corrected chi connectivity index (χ4v) is 3.75. The van der Waals surface area contributed by atoms with Gasteiger partial charge in [0.25, 0.3) is 5.91 Å². The molecule has 2 aliphatic rings. The van der Waals surface area contributed by atoms with E-state index in [2.05, 4.69) is 15.2 Å². The number of nitrogens with zero attached hydrogens (tertiary/aromatic N) is 2. The molecule has 0 radical (unpaired) electrons. The predicted octanol–water partition coefficient (Wildman–Crippen LogP) is 3.31. The number of halogens is 2. The number of anilines is 1. The van der Waals surface area contributed by atoms with Crippen molar-refractivity contribution in [2.45, 2.75) is 56.9 Å². The third-order valence-electron chi connectivity index (χ3n) is 5.27. The Labute approximate surface area is 163 Å². The first kappa shape index (κ1) is 22.0. The molecule has 0 bridgehead atoms. The smallest absolute Gasteiger partial charge is 0.253 e. The number of carbonyl (C=O) groups is 1. The summed E-state index contributed by atoms with van der Waals surface area (Å²) in [6.45, 7) is 2.64. The van der Waals surface area contributed by atoms with Gasteiger partial charge in [0.05, 0.1) is 11.1 Å². The summed E-state index contributed by atoms with van der Waals surface area (Å²) in [5.41, 5.74) is 6.31. The second-order valence-corrected chi connectivity index (χ2v) is 6.95. The largest absolute Gasteiger partial charge is 0.357 e. The summed E-state index contributed by atoms with van der Waals surface area (Å²) in [6, 6.07) is 3.87. The van der Waals surface area contributed by atoms with Crippen molar-refractivity contribution in [2.75, 3.05) is 24.5 Å². The van der Waals surface area contributed by atoms with Gasteiger partial charge in [0.1, 0.15) is 5.82 Å². The molecular weight excluding hydrogens is 359 g/mol. The van der Waals surface area contributed by atoms with Gasteiger partial charge in [0, 0.05) is 25.8 Å². The molecule has 0 aromatic carbocycles. The SMILES string of the molecule is Cl.Cl.NCC1(NC(=O)c2ccc(N3CCCCCC3)nc2)CCCC1. The van der Waals surface area contributed by atoms with E-state index in [9.17, 15) is 4.79 Å². The highest BCUT2D eigenvalue weighted by Crippen LogP contribution is 2.29. The van der Waals surface area contributed by atoms with Crippen LogP contribution in [-0.4, -0.2) is 36.1 Å². The van der Waals surface area contributed by atoms with Gasteiger partial charge in [-0.15, -0.1) is 24.8 Å². The highest BCUT2D eigenvalue weighted by atomic mass is 35.5. The number of nitrogens with one attached hydrogen (secondary N) is 1. The molecule has 1 amide bonds. The molecule has 1 saturated carbocycles. The van der Waals surface area contributed by atoms with Crippen LogP contribution in [0.25, 0.3) is 0 Å². The third kappa shape index (κ3) is 5.47. The van der Waals surface area contributed by atoms with Gasteiger partial charge >= 0.3 is 0 Å². The Balaban J connectivity index is 0.00000156. The number of nitrogens with two attached hydrogens (primary N) is 1. The Morgan fingerprint density at radius 1 is 1.08 bits per heavy atom. The number of rotatable bonds is 4. The molecule has 7 heteroatoms. The van der Waals surface area contributed by atoms with Gasteiger partial charge < -0.3 is 16.0 Å².